The zero-order valence-electron chi connectivity index (χ0n) is 12.6. The van der Waals surface area contributed by atoms with Crippen LogP contribution < -0.4 is 5.32 Å². The van der Waals surface area contributed by atoms with Gasteiger partial charge in [0.05, 0.1) is 12.7 Å². The van der Waals surface area contributed by atoms with Gasteiger partial charge in [0.25, 0.3) is 0 Å². The van der Waals surface area contributed by atoms with Crippen molar-refractivity contribution in [3.63, 3.8) is 0 Å². The van der Waals surface area contributed by atoms with E-state index in [1.165, 1.54) is 29.5 Å². The van der Waals surface area contributed by atoms with E-state index in [0.29, 0.717) is 0 Å². The molecule has 0 unspecified atom stereocenters. The van der Waals surface area contributed by atoms with Crippen LogP contribution in [0.2, 0.25) is 0 Å². The fourth-order valence-electron chi connectivity index (χ4n) is 2.22. The van der Waals surface area contributed by atoms with Gasteiger partial charge >= 0.3 is 0 Å². The minimum absolute atomic E-state index is 0.856. The van der Waals surface area contributed by atoms with E-state index in [9.17, 15) is 0 Å². The Kier molecular flexibility index (Phi) is 5.81. The minimum Gasteiger partial charge on any atom is -0.317 e. The van der Waals surface area contributed by atoms with Crippen LogP contribution in [0.15, 0.2) is 36.7 Å². The van der Waals surface area contributed by atoms with Crippen LogP contribution in [0.5, 0.6) is 0 Å². The molecular formula is C17H25N3. The molecule has 2 aromatic rings. The Morgan fingerprint density at radius 1 is 1.10 bits per heavy atom. The lowest BCUT2D eigenvalue weighted by atomic mass is 10.1. The fourth-order valence-corrected chi connectivity index (χ4v) is 2.22. The number of nitrogens with zero attached hydrogens (tertiary/aromatic N) is 2. The smallest absolute Gasteiger partial charge is 0.0659 e. The van der Waals surface area contributed by atoms with Gasteiger partial charge in [-0.3, -0.25) is 4.68 Å². The van der Waals surface area contributed by atoms with Crippen molar-refractivity contribution in [1.29, 1.82) is 0 Å². The molecule has 0 saturated carbocycles. The highest BCUT2D eigenvalue weighted by Gasteiger charge is 2.00. The number of aromatic nitrogens is 2. The van der Waals surface area contributed by atoms with Gasteiger partial charge in [-0.05, 0) is 50.4 Å². The number of aryl methyl sites for hydroxylation is 2. The van der Waals surface area contributed by atoms with Crippen LogP contribution >= 0.6 is 0 Å². The molecule has 0 fully saturated rings. The summed E-state index contributed by atoms with van der Waals surface area (Å²) in [5.41, 5.74) is 3.93. The highest BCUT2D eigenvalue weighted by Crippen LogP contribution is 2.07. The summed E-state index contributed by atoms with van der Waals surface area (Å²) in [6.45, 7) is 7.38. The quantitative estimate of drug-likeness (QED) is 0.747. The molecule has 1 heterocycles. The third kappa shape index (κ3) is 4.82. The van der Waals surface area contributed by atoms with Crippen molar-refractivity contribution in [2.24, 2.45) is 0 Å². The molecule has 1 aromatic heterocycles. The lowest BCUT2D eigenvalue weighted by Gasteiger charge is -2.02. The number of nitrogens with one attached hydrogen (secondary N) is 1. The Bertz CT molecular complexity index is 499. The molecule has 2 rings (SSSR count). The van der Waals surface area contributed by atoms with Crippen LogP contribution in [0.25, 0.3) is 0 Å². The summed E-state index contributed by atoms with van der Waals surface area (Å²) >= 11 is 0. The van der Waals surface area contributed by atoms with Gasteiger partial charge in [-0.2, -0.15) is 5.10 Å². The van der Waals surface area contributed by atoms with E-state index < -0.39 is 0 Å². The second kappa shape index (κ2) is 7.85. The lowest BCUT2D eigenvalue weighted by molar-refractivity contribution is 0.639. The summed E-state index contributed by atoms with van der Waals surface area (Å²) in [6.07, 6.45) is 7.64. The first kappa shape index (κ1) is 14.8. The van der Waals surface area contributed by atoms with E-state index in [4.69, 9.17) is 0 Å². The topological polar surface area (TPSA) is 29.9 Å². The monoisotopic (exact) mass is 271 g/mol. The van der Waals surface area contributed by atoms with Gasteiger partial charge in [0, 0.05) is 6.20 Å². The van der Waals surface area contributed by atoms with Crippen molar-refractivity contribution in [1.82, 2.24) is 15.1 Å². The first-order chi connectivity index (χ1) is 9.78. The minimum atomic E-state index is 0.856. The van der Waals surface area contributed by atoms with Gasteiger partial charge in [0.2, 0.25) is 0 Å². The van der Waals surface area contributed by atoms with E-state index in [2.05, 4.69) is 54.7 Å². The molecular weight excluding hydrogens is 246 g/mol. The van der Waals surface area contributed by atoms with Crippen molar-refractivity contribution < 1.29 is 0 Å². The maximum atomic E-state index is 4.45. The van der Waals surface area contributed by atoms with Gasteiger partial charge in [-0.25, -0.2) is 0 Å². The standard InChI is InChI=1S/C17H25N3/c1-3-10-18-11-4-5-17-12-19-20(14-17)13-16-8-6-15(2)7-9-16/h6-9,12,14,18H,3-5,10-11,13H2,1-2H3. The Balaban J connectivity index is 1.78. The maximum absolute atomic E-state index is 4.45. The van der Waals surface area contributed by atoms with Gasteiger partial charge < -0.3 is 5.32 Å². The molecule has 1 aromatic carbocycles. The van der Waals surface area contributed by atoms with E-state index in [1.54, 1.807) is 0 Å². The summed E-state index contributed by atoms with van der Waals surface area (Å²) < 4.78 is 2.03. The normalized spacial score (nSPS) is 10.9. The Labute approximate surface area is 122 Å². The second-order valence-corrected chi connectivity index (χ2v) is 5.39. The SMILES string of the molecule is CCCNCCCc1cnn(Cc2ccc(C)cc2)c1. The van der Waals surface area contributed by atoms with Crippen molar-refractivity contribution in [3.8, 4) is 0 Å². The molecule has 108 valence electrons. The van der Waals surface area contributed by atoms with Crippen molar-refractivity contribution in [2.75, 3.05) is 13.1 Å². The Hall–Kier alpha value is -1.61. The number of hydrogen-bond donors (Lipinski definition) is 1. The van der Waals surface area contributed by atoms with E-state index in [1.807, 2.05) is 10.9 Å². The van der Waals surface area contributed by atoms with Crippen molar-refractivity contribution in [2.45, 2.75) is 39.7 Å². The molecule has 3 heteroatoms. The van der Waals surface area contributed by atoms with E-state index >= 15 is 0 Å². The first-order valence-corrected chi connectivity index (χ1v) is 7.55. The molecule has 0 saturated heterocycles. The largest absolute Gasteiger partial charge is 0.317 e. The predicted octanol–water partition coefficient (Wildman–Crippen LogP) is 3.17. The average Bonchev–Trinajstić information content (AvgIpc) is 2.89. The van der Waals surface area contributed by atoms with Gasteiger partial charge in [-0.15, -0.1) is 0 Å². The van der Waals surface area contributed by atoms with E-state index in [0.717, 1.165) is 26.1 Å². The van der Waals surface area contributed by atoms with E-state index in [-0.39, 0.29) is 0 Å². The predicted molar refractivity (Wildman–Crippen MR) is 84.0 cm³/mol. The molecule has 0 aliphatic rings. The molecule has 0 radical (unpaired) electrons. The van der Waals surface area contributed by atoms with Gasteiger partial charge in [-0.1, -0.05) is 36.8 Å². The van der Waals surface area contributed by atoms with Gasteiger partial charge in [0.1, 0.15) is 0 Å². The third-order valence-electron chi connectivity index (χ3n) is 3.40. The molecule has 1 N–H and O–H groups in total. The lowest BCUT2D eigenvalue weighted by Crippen LogP contribution is -2.16. The first-order valence-electron chi connectivity index (χ1n) is 7.55. The van der Waals surface area contributed by atoms with Crippen LogP contribution in [0.3, 0.4) is 0 Å². The van der Waals surface area contributed by atoms with Crippen molar-refractivity contribution >= 4 is 0 Å². The van der Waals surface area contributed by atoms with Crippen LogP contribution in [-0.2, 0) is 13.0 Å². The molecule has 0 bridgehead atoms. The molecule has 0 spiro atoms. The zero-order chi connectivity index (χ0) is 14.2. The Morgan fingerprint density at radius 3 is 2.65 bits per heavy atom. The number of rotatable bonds is 8. The summed E-state index contributed by atoms with van der Waals surface area (Å²) in [7, 11) is 0. The molecule has 0 aliphatic heterocycles. The summed E-state index contributed by atoms with van der Waals surface area (Å²) in [5.74, 6) is 0. The molecule has 0 aliphatic carbocycles. The zero-order valence-corrected chi connectivity index (χ0v) is 12.6. The molecule has 3 nitrogen and oxygen atoms in total. The number of hydrogen-bond acceptors (Lipinski definition) is 2. The van der Waals surface area contributed by atoms with Crippen LogP contribution in [-0.4, -0.2) is 22.9 Å². The molecule has 20 heavy (non-hydrogen) atoms. The summed E-state index contributed by atoms with van der Waals surface area (Å²) in [4.78, 5) is 0. The summed E-state index contributed by atoms with van der Waals surface area (Å²) in [6, 6.07) is 8.65. The van der Waals surface area contributed by atoms with Crippen molar-refractivity contribution in [3.05, 3.63) is 53.3 Å². The van der Waals surface area contributed by atoms with Gasteiger partial charge in [0.15, 0.2) is 0 Å². The van der Waals surface area contributed by atoms with Crippen LogP contribution in [0.1, 0.15) is 36.5 Å². The fraction of sp³-hybridized carbons (Fsp3) is 0.471. The Morgan fingerprint density at radius 2 is 1.90 bits per heavy atom. The van der Waals surface area contributed by atoms with Crippen LogP contribution in [0, 0.1) is 6.92 Å². The van der Waals surface area contributed by atoms with Crippen LogP contribution in [0.4, 0.5) is 0 Å². The highest BCUT2D eigenvalue weighted by atomic mass is 15.3. The number of benzene rings is 1. The third-order valence-corrected chi connectivity index (χ3v) is 3.40. The highest BCUT2D eigenvalue weighted by molar-refractivity contribution is 5.21. The molecule has 0 atom stereocenters. The summed E-state index contributed by atoms with van der Waals surface area (Å²) in [5, 5.41) is 7.88. The average molecular weight is 271 g/mol. The second-order valence-electron chi connectivity index (χ2n) is 5.39. The molecule has 0 amide bonds. The maximum Gasteiger partial charge on any atom is 0.0659 e.